The van der Waals surface area contributed by atoms with Gasteiger partial charge < -0.3 is 14.7 Å². The summed E-state index contributed by atoms with van der Waals surface area (Å²) in [6, 6.07) is 20.7. The first kappa shape index (κ1) is 22.0. The smallest absolute Gasteiger partial charge is 0.273 e. The Labute approximate surface area is 202 Å². The number of hydrogen-bond donors (Lipinski definition) is 2. The van der Waals surface area contributed by atoms with Gasteiger partial charge in [-0.15, -0.1) is 0 Å². The second kappa shape index (κ2) is 8.88. The number of aromatic nitrogens is 2. The average molecular weight is 474 g/mol. The lowest BCUT2D eigenvalue weighted by atomic mass is 9.95. The summed E-state index contributed by atoms with van der Waals surface area (Å²) >= 11 is 6.37. The van der Waals surface area contributed by atoms with Gasteiger partial charge in [-0.2, -0.15) is 5.10 Å². The fourth-order valence-electron chi connectivity index (χ4n) is 4.51. The molecule has 6 nitrogen and oxygen atoms in total. The molecule has 0 fully saturated rings. The summed E-state index contributed by atoms with van der Waals surface area (Å²) in [5.74, 6) is 0.756. The molecule has 0 radical (unpaired) electrons. The number of aryl methyl sites for hydroxylation is 1. The van der Waals surface area contributed by atoms with Crippen molar-refractivity contribution in [3.8, 4) is 22.8 Å². The van der Waals surface area contributed by atoms with Gasteiger partial charge in [0.2, 0.25) is 0 Å². The minimum Gasteiger partial charge on any atom is -0.507 e. The maximum Gasteiger partial charge on any atom is 0.273 e. The summed E-state index contributed by atoms with van der Waals surface area (Å²) < 4.78 is 5.25. The minimum atomic E-state index is -0.338. The summed E-state index contributed by atoms with van der Waals surface area (Å²) in [5.41, 5.74) is 5.08. The highest BCUT2D eigenvalue weighted by Gasteiger charge is 2.42. The molecule has 172 valence electrons. The molecule has 0 aliphatic carbocycles. The molecule has 3 aromatic carbocycles. The van der Waals surface area contributed by atoms with E-state index in [4.69, 9.17) is 16.3 Å². The number of benzene rings is 3. The normalized spacial score (nSPS) is 15.0. The lowest BCUT2D eigenvalue weighted by Gasteiger charge is -2.26. The van der Waals surface area contributed by atoms with Crippen molar-refractivity contribution in [3.05, 3.63) is 99.7 Å². The van der Waals surface area contributed by atoms with E-state index < -0.39 is 0 Å². The average Bonchev–Trinajstić information content (AvgIpc) is 3.39. The number of fused-ring (bicyclic) bond motifs is 1. The van der Waals surface area contributed by atoms with Gasteiger partial charge in [0.15, 0.2) is 0 Å². The van der Waals surface area contributed by atoms with Crippen LogP contribution < -0.4 is 4.74 Å². The molecule has 4 aromatic rings. The Hall–Kier alpha value is -3.77. The van der Waals surface area contributed by atoms with Crippen molar-refractivity contribution in [2.75, 3.05) is 13.7 Å². The summed E-state index contributed by atoms with van der Waals surface area (Å²) in [6.07, 6.45) is 0.688. The number of methoxy groups -OCH3 is 1. The van der Waals surface area contributed by atoms with Gasteiger partial charge in [-0.3, -0.25) is 9.89 Å². The highest BCUT2D eigenvalue weighted by atomic mass is 35.5. The Balaban J connectivity index is 1.55. The number of hydrogen-bond acceptors (Lipinski definition) is 4. The first-order valence-electron chi connectivity index (χ1n) is 11.0. The molecule has 7 heteroatoms. The molecule has 0 bridgehead atoms. The number of halogens is 1. The molecule has 34 heavy (non-hydrogen) atoms. The number of nitrogens with zero attached hydrogens (tertiary/aromatic N) is 2. The number of carbonyl (C=O) groups is 1. The van der Waals surface area contributed by atoms with Crippen molar-refractivity contribution in [1.82, 2.24) is 15.1 Å². The van der Waals surface area contributed by atoms with Crippen LogP contribution in [-0.4, -0.2) is 39.8 Å². The van der Waals surface area contributed by atoms with E-state index in [9.17, 15) is 9.90 Å². The molecule has 1 aromatic heterocycles. The minimum absolute atomic E-state index is 0.0761. The third kappa shape index (κ3) is 3.80. The fourth-order valence-corrected chi connectivity index (χ4v) is 4.68. The molecule has 0 saturated heterocycles. The summed E-state index contributed by atoms with van der Waals surface area (Å²) in [5, 5.41) is 18.6. The molecule has 1 aliphatic rings. The predicted molar refractivity (Wildman–Crippen MR) is 131 cm³/mol. The number of phenolic OH excluding ortho intramolecular Hbond substituents is 1. The molecular weight excluding hydrogens is 450 g/mol. The second-order valence-electron chi connectivity index (χ2n) is 8.39. The number of aromatic amines is 1. The van der Waals surface area contributed by atoms with Gasteiger partial charge in [-0.25, -0.2) is 0 Å². The van der Waals surface area contributed by atoms with Gasteiger partial charge in [-0.1, -0.05) is 54.1 Å². The van der Waals surface area contributed by atoms with Crippen molar-refractivity contribution >= 4 is 17.5 Å². The van der Waals surface area contributed by atoms with Crippen LogP contribution in [0.25, 0.3) is 11.3 Å². The van der Waals surface area contributed by atoms with Crippen LogP contribution in [0.15, 0.2) is 66.7 Å². The fraction of sp³-hybridized carbons (Fsp3) is 0.185. The van der Waals surface area contributed by atoms with Gasteiger partial charge in [0, 0.05) is 22.7 Å². The highest BCUT2D eigenvalue weighted by molar-refractivity contribution is 6.31. The van der Waals surface area contributed by atoms with E-state index in [0.717, 1.165) is 28.0 Å². The van der Waals surface area contributed by atoms with E-state index in [2.05, 4.69) is 10.2 Å². The Morgan fingerprint density at radius 3 is 2.56 bits per heavy atom. The first-order chi connectivity index (χ1) is 16.5. The standard InChI is InChI=1S/C27H24ClN3O3/c1-16-14-22(32)20(15-21(16)28)24-23-25(30-29-24)27(33)31(26(23)18-6-4-3-5-7-18)13-12-17-8-10-19(34-2)11-9-17/h3-11,14-15,26,32H,12-13H2,1-2H3,(H,29,30)/t26-/m1/s1. The molecular formula is C27H24ClN3O3. The zero-order valence-corrected chi connectivity index (χ0v) is 19.6. The Kier molecular flexibility index (Phi) is 5.75. The number of ether oxygens (including phenoxy) is 1. The Bertz CT molecular complexity index is 1350. The Morgan fingerprint density at radius 1 is 1.12 bits per heavy atom. The van der Waals surface area contributed by atoms with Crippen molar-refractivity contribution < 1.29 is 14.6 Å². The van der Waals surface area contributed by atoms with Gasteiger partial charge in [0.05, 0.1) is 13.2 Å². The SMILES string of the molecule is COc1ccc(CCN2C(=O)c3[nH]nc(-c4cc(Cl)c(C)cc4O)c3[C@H]2c2ccccc2)cc1. The van der Waals surface area contributed by atoms with E-state index >= 15 is 0 Å². The quantitative estimate of drug-likeness (QED) is 0.385. The molecule has 0 spiro atoms. The molecule has 1 aliphatic heterocycles. The molecule has 1 amide bonds. The zero-order chi connectivity index (χ0) is 23.8. The van der Waals surface area contributed by atoms with Crippen LogP contribution in [0.4, 0.5) is 0 Å². The molecule has 0 unspecified atom stereocenters. The number of nitrogens with one attached hydrogen (secondary N) is 1. The van der Waals surface area contributed by atoms with Crippen molar-refractivity contribution in [3.63, 3.8) is 0 Å². The lowest BCUT2D eigenvalue weighted by Crippen LogP contribution is -2.31. The van der Waals surface area contributed by atoms with Crippen LogP contribution in [0.1, 0.15) is 38.8 Å². The van der Waals surface area contributed by atoms with Crippen LogP contribution >= 0.6 is 11.6 Å². The van der Waals surface area contributed by atoms with Gasteiger partial charge in [-0.05, 0) is 54.3 Å². The summed E-state index contributed by atoms with van der Waals surface area (Å²) in [7, 11) is 1.64. The molecule has 0 saturated carbocycles. The van der Waals surface area contributed by atoms with Crippen molar-refractivity contribution in [2.24, 2.45) is 0 Å². The zero-order valence-electron chi connectivity index (χ0n) is 18.9. The first-order valence-corrected chi connectivity index (χ1v) is 11.4. The van der Waals surface area contributed by atoms with Crippen LogP contribution in [0.5, 0.6) is 11.5 Å². The maximum atomic E-state index is 13.5. The number of aromatic hydroxyl groups is 1. The van der Waals surface area contributed by atoms with Gasteiger partial charge in [0.25, 0.3) is 5.91 Å². The van der Waals surface area contributed by atoms with E-state index in [1.165, 1.54) is 0 Å². The molecule has 1 atom stereocenters. The van der Waals surface area contributed by atoms with Crippen molar-refractivity contribution in [2.45, 2.75) is 19.4 Å². The molecule has 2 heterocycles. The van der Waals surface area contributed by atoms with Crippen LogP contribution in [0.3, 0.4) is 0 Å². The third-order valence-corrected chi connectivity index (χ3v) is 6.72. The van der Waals surface area contributed by atoms with Gasteiger partial charge >= 0.3 is 0 Å². The number of amides is 1. The molecule has 5 rings (SSSR count). The lowest BCUT2D eigenvalue weighted by molar-refractivity contribution is 0.0746. The number of phenols is 1. The molecule has 2 N–H and O–H groups in total. The number of carbonyl (C=O) groups excluding carboxylic acids is 1. The second-order valence-corrected chi connectivity index (χ2v) is 8.80. The topological polar surface area (TPSA) is 78.5 Å². The van der Waals surface area contributed by atoms with Gasteiger partial charge in [0.1, 0.15) is 22.9 Å². The van der Waals surface area contributed by atoms with Crippen LogP contribution in [0, 0.1) is 6.92 Å². The number of rotatable bonds is 6. The predicted octanol–water partition coefficient (Wildman–Crippen LogP) is 5.54. The monoisotopic (exact) mass is 473 g/mol. The van der Waals surface area contributed by atoms with Crippen LogP contribution in [0.2, 0.25) is 5.02 Å². The summed E-state index contributed by atoms with van der Waals surface area (Å²) in [4.78, 5) is 15.4. The number of H-pyrrole nitrogens is 1. The van der Waals surface area contributed by atoms with Crippen molar-refractivity contribution in [1.29, 1.82) is 0 Å². The van der Waals surface area contributed by atoms with E-state index in [-0.39, 0.29) is 17.7 Å². The largest absolute Gasteiger partial charge is 0.507 e. The van der Waals surface area contributed by atoms with Crippen LogP contribution in [-0.2, 0) is 6.42 Å². The maximum absolute atomic E-state index is 13.5. The highest BCUT2D eigenvalue weighted by Crippen LogP contribution is 2.45. The Morgan fingerprint density at radius 2 is 1.85 bits per heavy atom. The van der Waals surface area contributed by atoms with E-state index in [1.54, 1.807) is 19.2 Å². The van der Waals surface area contributed by atoms with E-state index in [0.29, 0.717) is 34.9 Å². The van der Waals surface area contributed by atoms with E-state index in [1.807, 2.05) is 66.4 Å². The third-order valence-electron chi connectivity index (χ3n) is 6.31. The summed E-state index contributed by atoms with van der Waals surface area (Å²) in [6.45, 7) is 2.35.